The third-order valence-electron chi connectivity index (χ3n) is 3.72. The van der Waals surface area contributed by atoms with Gasteiger partial charge in [-0.05, 0) is 36.8 Å². The smallest absolute Gasteiger partial charge is 0.255 e. The van der Waals surface area contributed by atoms with Crippen LogP contribution in [0.3, 0.4) is 0 Å². The molecule has 1 saturated heterocycles. The van der Waals surface area contributed by atoms with Crippen LogP contribution >= 0.6 is 24.2 Å². The summed E-state index contributed by atoms with van der Waals surface area (Å²) in [5.41, 5.74) is 0.858. The Morgan fingerprint density at radius 3 is 2.73 bits per heavy atom. The van der Waals surface area contributed by atoms with Crippen molar-refractivity contribution in [3.8, 4) is 0 Å². The molecule has 0 aromatic heterocycles. The molecule has 1 aromatic rings. The lowest BCUT2D eigenvalue weighted by molar-refractivity contribution is 0.0663. The number of thioether (sulfide) groups is 1. The molecule has 5 heteroatoms. The van der Waals surface area contributed by atoms with Crippen LogP contribution in [0.2, 0.25) is 0 Å². The van der Waals surface area contributed by atoms with Crippen LogP contribution < -0.4 is 5.32 Å². The summed E-state index contributed by atoms with van der Waals surface area (Å²) < 4.78 is 0. The Hall–Kier alpha value is -0.710. The van der Waals surface area contributed by atoms with E-state index in [-0.39, 0.29) is 18.3 Å². The number of nitrogens with zero attached hydrogens (tertiary/aromatic N) is 1. The lowest BCUT2D eigenvalue weighted by Crippen LogP contribution is -2.43. The minimum atomic E-state index is 0. The molecule has 0 unspecified atom stereocenters. The van der Waals surface area contributed by atoms with Crippen LogP contribution in [0.25, 0.3) is 0 Å². The Morgan fingerprint density at radius 1 is 1.41 bits per heavy atom. The average molecular weight is 343 g/mol. The number of carbonyl (C=O) groups excluding carboxylic acids is 1. The number of benzene rings is 1. The first-order valence-electron chi connectivity index (χ1n) is 7.87. The predicted octanol–water partition coefficient (Wildman–Crippen LogP) is 3.68. The largest absolute Gasteiger partial charge is 0.334 e. The van der Waals surface area contributed by atoms with Crippen LogP contribution in [0.5, 0.6) is 0 Å². The molecular weight excluding hydrogens is 316 g/mol. The number of hydrogen-bond acceptors (Lipinski definition) is 3. The Kier molecular flexibility index (Phi) is 8.29. The molecule has 1 atom stereocenters. The maximum Gasteiger partial charge on any atom is 0.255 e. The van der Waals surface area contributed by atoms with Gasteiger partial charge in [0.25, 0.3) is 5.91 Å². The van der Waals surface area contributed by atoms with Gasteiger partial charge in [0.15, 0.2) is 0 Å². The van der Waals surface area contributed by atoms with Gasteiger partial charge in [0, 0.05) is 24.0 Å². The summed E-state index contributed by atoms with van der Waals surface area (Å²) in [7, 11) is 0. The monoisotopic (exact) mass is 342 g/mol. The fourth-order valence-electron chi connectivity index (χ4n) is 2.78. The van der Waals surface area contributed by atoms with E-state index in [1.807, 2.05) is 18.2 Å². The summed E-state index contributed by atoms with van der Waals surface area (Å²) in [6.07, 6.45) is 1.06. The molecule has 1 amide bonds. The average Bonchev–Trinajstić information content (AvgIpc) is 2.99. The van der Waals surface area contributed by atoms with E-state index in [1.165, 1.54) is 0 Å². The standard InChI is InChI=1S/C17H26N2OS.ClH/c1-4-21-16-8-6-5-7-15(16)17(20)19(12-13(2)3)14-9-10-18-11-14;/h5-8,13-14,18H,4,9-12H2,1-3H3;1H/t14-;/m0./s1. The number of nitrogens with one attached hydrogen (secondary N) is 1. The van der Waals surface area contributed by atoms with Gasteiger partial charge in [-0.3, -0.25) is 4.79 Å². The van der Waals surface area contributed by atoms with Crippen molar-refractivity contribution in [2.45, 2.75) is 38.1 Å². The zero-order chi connectivity index (χ0) is 15.2. The number of carbonyl (C=O) groups is 1. The molecule has 3 nitrogen and oxygen atoms in total. The Balaban J connectivity index is 0.00000242. The zero-order valence-corrected chi connectivity index (χ0v) is 15.3. The third-order valence-corrected chi connectivity index (χ3v) is 4.67. The molecule has 1 aromatic carbocycles. The Bertz CT molecular complexity index is 475. The second kappa shape index (κ2) is 9.43. The highest BCUT2D eigenvalue weighted by atomic mass is 35.5. The van der Waals surface area contributed by atoms with Crippen molar-refractivity contribution in [1.29, 1.82) is 0 Å². The van der Waals surface area contributed by atoms with Crippen molar-refractivity contribution in [2.75, 3.05) is 25.4 Å². The Labute approximate surface area is 144 Å². The summed E-state index contributed by atoms with van der Waals surface area (Å²) in [5.74, 6) is 1.66. The third kappa shape index (κ3) is 4.90. The first kappa shape index (κ1) is 19.3. The zero-order valence-electron chi connectivity index (χ0n) is 13.7. The summed E-state index contributed by atoms with van der Waals surface area (Å²) in [6.45, 7) is 9.24. The highest BCUT2D eigenvalue weighted by Crippen LogP contribution is 2.25. The number of rotatable bonds is 6. The van der Waals surface area contributed by atoms with E-state index in [4.69, 9.17) is 0 Å². The maximum absolute atomic E-state index is 13.0. The van der Waals surface area contributed by atoms with Gasteiger partial charge in [-0.15, -0.1) is 24.2 Å². The second-order valence-electron chi connectivity index (χ2n) is 5.93. The summed E-state index contributed by atoms with van der Waals surface area (Å²) in [5, 5.41) is 3.37. The first-order valence-corrected chi connectivity index (χ1v) is 8.85. The molecule has 22 heavy (non-hydrogen) atoms. The fourth-order valence-corrected chi connectivity index (χ4v) is 3.57. The molecule has 124 valence electrons. The molecule has 1 N–H and O–H groups in total. The van der Waals surface area contributed by atoms with E-state index in [1.54, 1.807) is 11.8 Å². The molecule has 2 rings (SSSR count). The van der Waals surface area contributed by atoms with E-state index in [0.29, 0.717) is 12.0 Å². The van der Waals surface area contributed by atoms with Crippen molar-refractivity contribution in [1.82, 2.24) is 10.2 Å². The van der Waals surface area contributed by atoms with Gasteiger partial charge >= 0.3 is 0 Å². The minimum Gasteiger partial charge on any atom is -0.334 e. The quantitative estimate of drug-likeness (QED) is 0.800. The predicted molar refractivity (Wildman–Crippen MR) is 97.2 cm³/mol. The summed E-state index contributed by atoms with van der Waals surface area (Å²) in [4.78, 5) is 16.2. The van der Waals surface area contributed by atoms with E-state index in [0.717, 1.165) is 42.3 Å². The van der Waals surface area contributed by atoms with E-state index in [9.17, 15) is 4.79 Å². The molecule has 0 aliphatic carbocycles. The lowest BCUT2D eigenvalue weighted by Gasteiger charge is -2.31. The van der Waals surface area contributed by atoms with Crippen molar-refractivity contribution in [3.63, 3.8) is 0 Å². The van der Waals surface area contributed by atoms with Crippen LogP contribution in [0.4, 0.5) is 0 Å². The number of halogens is 1. The summed E-state index contributed by atoms with van der Waals surface area (Å²) in [6, 6.07) is 8.34. The Morgan fingerprint density at radius 2 is 2.14 bits per heavy atom. The first-order chi connectivity index (χ1) is 10.1. The van der Waals surface area contributed by atoms with Crippen molar-refractivity contribution in [3.05, 3.63) is 29.8 Å². The van der Waals surface area contributed by atoms with Gasteiger partial charge in [-0.1, -0.05) is 32.9 Å². The molecule has 1 heterocycles. The lowest BCUT2D eigenvalue weighted by atomic mass is 10.1. The van der Waals surface area contributed by atoms with Gasteiger partial charge in [-0.25, -0.2) is 0 Å². The minimum absolute atomic E-state index is 0. The van der Waals surface area contributed by atoms with Crippen LogP contribution in [-0.2, 0) is 0 Å². The normalized spacial score (nSPS) is 17.4. The van der Waals surface area contributed by atoms with Crippen LogP contribution in [0, 0.1) is 5.92 Å². The number of hydrogen-bond donors (Lipinski definition) is 1. The van der Waals surface area contributed by atoms with Gasteiger partial charge in [0.05, 0.1) is 5.56 Å². The highest BCUT2D eigenvalue weighted by molar-refractivity contribution is 7.99. The second-order valence-corrected chi connectivity index (χ2v) is 7.23. The topological polar surface area (TPSA) is 32.3 Å². The van der Waals surface area contributed by atoms with E-state index >= 15 is 0 Å². The molecule has 0 radical (unpaired) electrons. The molecule has 1 fully saturated rings. The van der Waals surface area contributed by atoms with Crippen molar-refractivity contribution in [2.24, 2.45) is 5.92 Å². The molecule has 0 saturated carbocycles. The number of amides is 1. The van der Waals surface area contributed by atoms with Crippen LogP contribution in [0.15, 0.2) is 29.2 Å². The van der Waals surface area contributed by atoms with E-state index < -0.39 is 0 Å². The van der Waals surface area contributed by atoms with Crippen LogP contribution in [0.1, 0.15) is 37.6 Å². The van der Waals surface area contributed by atoms with Gasteiger partial charge in [0.1, 0.15) is 0 Å². The molecule has 0 bridgehead atoms. The fraction of sp³-hybridized carbons (Fsp3) is 0.588. The summed E-state index contributed by atoms with van der Waals surface area (Å²) >= 11 is 1.75. The molecule has 1 aliphatic rings. The molecular formula is C17H27ClN2OS. The SMILES string of the molecule is CCSc1ccccc1C(=O)N(CC(C)C)[C@H]1CCNC1.Cl. The maximum atomic E-state index is 13.0. The van der Waals surface area contributed by atoms with Gasteiger partial charge in [-0.2, -0.15) is 0 Å². The van der Waals surface area contributed by atoms with Gasteiger partial charge < -0.3 is 10.2 Å². The molecule has 1 aliphatic heterocycles. The van der Waals surface area contributed by atoms with Crippen molar-refractivity contribution < 1.29 is 4.79 Å². The van der Waals surface area contributed by atoms with E-state index in [2.05, 4.69) is 37.1 Å². The molecule has 0 spiro atoms. The van der Waals surface area contributed by atoms with Crippen LogP contribution in [-0.4, -0.2) is 42.2 Å². The highest BCUT2D eigenvalue weighted by Gasteiger charge is 2.28. The van der Waals surface area contributed by atoms with Crippen molar-refractivity contribution >= 4 is 30.1 Å². The van der Waals surface area contributed by atoms with Gasteiger partial charge in [0.2, 0.25) is 0 Å².